The molecule has 0 fully saturated rings. The summed E-state index contributed by atoms with van der Waals surface area (Å²) in [5.41, 5.74) is 2.35. The van der Waals surface area contributed by atoms with Crippen LogP contribution in [0.3, 0.4) is 0 Å². The van der Waals surface area contributed by atoms with Crippen molar-refractivity contribution >= 4 is 5.69 Å². The quantitative estimate of drug-likeness (QED) is 0.872. The Hall–Kier alpha value is -2.35. The number of H-pyrrole nitrogens is 1. The Morgan fingerprint density at radius 1 is 1.44 bits per heavy atom. The lowest BCUT2D eigenvalue weighted by atomic mass is 10.1. The van der Waals surface area contributed by atoms with Gasteiger partial charge in [0.25, 0.3) is 0 Å². The molecule has 0 saturated heterocycles. The topological polar surface area (TPSA) is 64.5 Å². The lowest BCUT2D eigenvalue weighted by Gasteiger charge is -2.09. The first-order valence-electron chi connectivity index (χ1n) is 5.54. The van der Waals surface area contributed by atoms with E-state index in [0.29, 0.717) is 23.4 Å². The minimum absolute atomic E-state index is 0.307. The number of anilines is 1. The smallest absolute Gasteiger partial charge is 0.129 e. The molecule has 0 atom stereocenters. The monoisotopic (exact) mass is 244 g/mol. The first kappa shape index (κ1) is 12.1. The number of imidazole rings is 1. The molecule has 4 nitrogen and oxygen atoms in total. The van der Waals surface area contributed by atoms with Crippen molar-refractivity contribution in [1.82, 2.24) is 9.97 Å². The zero-order valence-corrected chi connectivity index (χ0v) is 10.2. The molecule has 92 valence electrons. The van der Waals surface area contributed by atoms with Crippen molar-refractivity contribution in [3.63, 3.8) is 0 Å². The Morgan fingerprint density at radius 3 is 2.83 bits per heavy atom. The average Bonchev–Trinajstić information content (AvgIpc) is 2.77. The van der Waals surface area contributed by atoms with Crippen molar-refractivity contribution < 1.29 is 4.39 Å². The van der Waals surface area contributed by atoms with Gasteiger partial charge in [-0.25, -0.2) is 9.37 Å². The molecule has 0 unspecified atom stereocenters. The van der Waals surface area contributed by atoms with Crippen molar-refractivity contribution in [3.05, 3.63) is 46.8 Å². The molecule has 5 heteroatoms. The standard InChI is InChI=1S/C13H13FN4/c1-8-12(14)3-10(5-15)4-13(8)17-7-11-6-16-9(2)18-11/h3-4,6,17H,7H2,1-2H3,(H,16,18). The maximum Gasteiger partial charge on any atom is 0.129 e. The highest BCUT2D eigenvalue weighted by molar-refractivity contribution is 5.55. The third kappa shape index (κ3) is 2.48. The van der Waals surface area contributed by atoms with Gasteiger partial charge in [0.1, 0.15) is 11.6 Å². The van der Waals surface area contributed by atoms with Gasteiger partial charge in [0, 0.05) is 11.3 Å². The third-order valence-electron chi connectivity index (χ3n) is 2.70. The molecule has 2 aromatic rings. The maximum absolute atomic E-state index is 13.5. The predicted molar refractivity (Wildman–Crippen MR) is 66.5 cm³/mol. The molecule has 0 aliphatic heterocycles. The van der Waals surface area contributed by atoms with Crippen LogP contribution in [0.25, 0.3) is 0 Å². The van der Waals surface area contributed by atoms with Crippen LogP contribution in [0.5, 0.6) is 0 Å². The fraction of sp³-hybridized carbons (Fsp3) is 0.231. The van der Waals surface area contributed by atoms with Crippen molar-refractivity contribution in [3.8, 4) is 6.07 Å². The van der Waals surface area contributed by atoms with Crippen LogP contribution in [-0.2, 0) is 6.54 Å². The zero-order valence-electron chi connectivity index (χ0n) is 10.2. The Balaban J connectivity index is 2.19. The van der Waals surface area contributed by atoms with Crippen molar-refractivity contribution in [2.75, 3.05) is 5.32 Å². The molecular weight excluding hydrogens is 231 g/mol. The van der Waals surface area contributed by atoms with Gasteiger partial charge in [-0.15, -0.1) is 0 Å². The lowest BCUT2D eigenvalue weighted by Crippen LogP contribution is -2.03. The predicted octanol–water partition coefficient (Wildman–Crippen LogP) is 2.65. The van der Waals surface area contributed by atoms with Gasteiger partial charge in [-0.05, 0) is 26.0 Å². The van der Waals surface area contributed by atoms with Crippen LogP contribution >= 0.6 is 0 Å². The van der Waals surface area contributed by atoms with E-state index >= 15 is 0 Å². The molecule has 2 N–H and O–H groups in total. The molecular formula is C13H13FN4. The summed E-state index contributed by atoms with van der Waals surface area (Å²) < 4.78 is 13.5. The number of aromatic amines is 1. The number of hydrogen-bond acceptors (Lipinski definition) is 3. The van der Waals surface area contributed by atoms with Gasteiger partial charge in [0.15, 0.2) is 0 Å². The number of rotatable bonds is 3. The van der Waals surface area contributed by atoms with E-state index in [1.165, 1.54) is 6.07 Å². The number of benzene rings is 1. The van der Waals surface area contributed by atoms with Gasteiger partial charge < -0.3 is 10.3 Å². The van der Waals surface area contributed by atoms with Gasteiger partial charge in [-0.1, -0.05) is 0 Å². The van der Waals surface area contributed by atoms with E-state index in [9.17, 15) is 4.39 Å². The normalized spacial score (nSPS) is 10.1. The first-order valence-corrected chi connectivity index (χ1v) is 5.54. The van der Waals surface area contributed by atoms with Crippen LogP contribution in [-0.4, -0.2) is 9.97 Å². The molecule has 0 aliphatic rings. The second kappa shape index (κ2) is 4.88. The van der Waals surface area contributed by atoms with Gasteiger partial charge in [0.2, 0.25) is 0 Å². The summed E-state index contributed by atoms with van der Waals surface area (Å²) in [5, 5.41) is 11.9. The van der Waals surface area contributed by atoms with E-state index in [-0.39, 0.29) is 5.82 Å². The first-order chi connectivity index (χ1) is 8.60. The zero-order chi connectivity index (χ0) is 13.1. The number of halogens is 1. The van der Waals surface area contributed by atoms with Crippen LogP contribution in [0.1, 0.15) is 22.6 Å². The lowest BCUT2D eigenvalue weighted by molar-refractivity contribution is 0.618. The second-order valence-electron chi connectivity index (χ2n) is 4.09. The Morgan fingerprint density at radius 2 is 2.22 bits per heavy atom. The maximum atomic E-state index is 13.5. The summed E-state index contributed by atoms with van der Waals surface area (Å²) in [5.74, 6) is 0.456. The Bertz CT molecular complexity index is 610. The van der Waals surface area contributed by atoms with Crippen LogP contribution < -0.4 is 5.32 Å². The number of nitriles is 1. The minimum atomic E-state index is -0.377. The molecule has 0 spiro atoms. The van der Waals surface area contributed by atoms with Crippen LogP contribution in [0.4, 0.5) is 10.1 Å². The van der Waals surface area contributed by atoms with Gasteiger partial charge >= 0.3 is 0 Å². The Kier molecular flexibility index (Phi) is 3.28. The molecule has 0 radical (unpaired) electrons. The van der Waals surface area contributed by atoms with Crippen LogP contribution in [0.15, 0.2) is 18.3 Å². The van der Waals surface area contributed by atoms with Crippen LogP contribution in [0.2, 0.25) is 0 Å². The molecule has 0 aliphatic carbocycles. The molecule has 2 rings (SSSR count). The molecule has 18 heavy (non-hydrogen) atoms. The highest BCUT2D eigenvalue weighted by atomic mass is 19.1. The van der Waals surface area contributed by atoms with Gasteiger partial charge in [-0.3, -0.25) is 0 Å². The summed E-state index contributed by atoms with van der Waals surface area (Å²) in [6.45, 7) is 4.05. The highest BCUT2D eigenvalue weighted by Gasteiger charge is 2.07. The SMILES string of the molecule is Cc1ncc(CNc2cc(C#N)cc(F)c2C)[nH]1. The van der Waals surface area contributed by atoms with Gasteiger partial charge in [0.05, 0.1) is 30.1 Å². The van der Waals surface area contributed by atoms with Gasteiger partial charge in [-0.2, -0.15) is 5.26 Å². The number of aryl methyl sites for hydroxylation is 1. The van der Waals surface area contributed by atoms with Crippen molar-refractivity contribution in [2.24, 2.45) is 0 Å². The van der Waals surface area contributed by atoms with E-state index in [2.05, 4.69) is 15.3 Å². The summed E-state index contributed by atoms with van der Waals surface area (Å²) in [4.78, 5) is 7.16. The van der Waals surface area contributed by atoms with Crippen LogP contribution in [0, 0.1) is 31.0 Å². The average molecular weight is 244 g/mol. The minimum Gasteiger partial charge on any atom is -0.379 e. The van der Waals surface area contributed by atoms with E-state index in [1.54, 1.807) is 19.2 Å². The largest absolute Gasteiger partial charge is 0.379 e. The Labute approximate surface area is 104 Å². The van der Waals surface area contributed by atoms with Crippen molar-refractivity contribution in [2.45, 2.75) is 20.4 Å². The molecule has 1 aromatic heterocycles. The van der Waals surface area contributed by atoms with E-state index < -0.39 is 0 Å². The summed E-state index contributed by atoms with van der Waals surface area (Å²) in [7, 11) is 0. The molecule has 1 heterocycles. The van der Waals surface area contributed by atoms with E-state index in [1.807, 2.05) is 13.0 Å². The molecule has 0 amide bonds. The fourth-order valence-electron chi connectivity index (χ4n) is 1.68. The molecule has 0 saturated carbocycles. The fourth-order valence-corrected chi connectivity index (χ4v) is 1.68. The number of nitrogens with zero attached hydrogens (tertiary/aromatic N) is 2. The summed E-state index contributed by atoms with van der Waals surface area (Å²) >= 11 is 0. The van der Waals surface area contributed by atoms with E-state index in [0.717, 1.165) is 11.5 Å². The summed E-state index contributed by atoms with van der Waals surface area (Å²) in [6.07, 6.45) is 1.72. The summed E-state index contributed by atoms with van der Waals surface area (Å²) in [6, 6.07) is 4.82. The number of nitrogens with one attached hydrogen (secondary N) is 2. The molecule has 1 aromatic carbocycles. The third-order valence-corrected chi connectivity index (χ3v) is 2.70. The van der Waals surface area contributed by atoms with Crippen molar-refractivity contribution in [1.29, 1.82) is 5.26 Å². The molecule has 0 bridgehead atoms. The second-order valence-corrected chi connectivity index (χ2v) is 4.09. The van der Waals surface area contributed by atoms with E-state index in [4.69, 9.17) is 5.26 Å². The number of aromatic nitrogens is 2. The number of hydrogen-bond donors (Lipinski definition) is 2. The highest BCUT2D eigenvalue weighted by Crippen LogP contribution is 2.20.